The van der Waals surface area contributed by atoms with Crippen LogP contribution in [0.3, 0.4) is 0 Å². The van der Waals surface area contributed by atoms with Crippen LogP contribution in [0, 0.1) is 12.8 Å². The van der Waals surface area contributed by atoms with E-state index < -0.39 is 10.0 Å². The van der Waals surface area contributed by atoms with E-state index in [9.17, 15) is 13.2 Å². The molecule has 0 radical (unpaired) electrons. The molecule has 1 amide bonds. The molecule has 1 aliphatic heterocycles. The van der Waals surface area contributed by atoms with Crippen molar-refractivity contribution in [2.24, 2.45) is 5.92 Å². The number of halogens is 1. The van der Waals surface area contributed by atoms with Gasteiger partial charge in [-0.05, 0) is 18.6 Å². The lowest BCUT2D eigenvalue weighted by Gasteiger charge is -2.21. The summed E-state index contributed by atoms with van der Waals surface area (Å²) in [4.78, 5) is 12.4. The summed E-state index contributed by atoms with van der Waals surface area (Å²) in [6.07, 6.45) is 0. The van der Waals surface area contributed by atoms with Crippen molar-refractivity contribution in [1.29, 1.82) is 0 Å². The molecule has 128 valence electrons. The maximum absolute atomic E-state index is 12.4. The first-order valence-corrected chi connectivity index (χ1v) is 9.25. The highest BCUT2D eigenvalue weighted by molar-refractivity contribution is 7.89. The van der Waals surface area contributed by atoms with Gasteiger partial charge < -0.3 is 10.1 Å². The quantitative estimate of drug-likeness (QED) is 0.858. The topological polar surface area (TPSA) is 75.7 Å². The van der Waals surface area contributed by atoms with Crippen LogP contribution in [0.25, 0.3) is 0 Å². The summed E-state index contributed by atoms with van der Waals surface area (Å²) in [6, 6.07) is 4.87. The molecule has 23 heavy (non-hydrogen) atoms. The van der Waals surface area contributed by atoms with Crippen molar-refractivity contribution in [3.8, 4) is 0 Å². The van der Waals surface area contributed by atoms with Crippen LogP contribution in [0.4, 0.5) is 0 Å². The van der Waals surface area contributed by atoms with Crippen molar-refractivity contribution in [3.63, 3.8) is 0 Å². The zero-order valence-electron chi connectivity index (χ0n) is 13.4. The summed E-state index contributed by atoms with van der Waals surface area (Å²) in [5.74, 6) is -0.664. The third kappa shape index (κ3) is 4.23. The van der Waals surface area contributed by atoms with E-state index in [1.807, 2.05) is 13.0 Å². The number of aryl methyl sites for hydroxylation is 1. The van der Waals surface area contributed by atoms with E-state index in [0.29, 0.717) is 23.8 Å². The molecular formula is C15H21ClN2O4S. The van der Waals surface area contributed by atoms with Crippen molar-refractivity contribution in [1.82, 2.24) is 9.62 Å². The van der Waals surface area contributed by atoms with Gasteiger partial charge in [0.15, 0.2) is 0 Å². The number of hydrogen-bond acceptors (Lipinski definition) is 4. The molecule has 0 aromatic heterocycles. The van der Waals surface area contributed by atoms with Crippen molar-refractivity contribution in [2.45, 2.75) is 13.0 Å². The molecule has 0 aliphatic carbocycles. The molecule has 0 unspecified atom stereocenters. The zero-order chi connectivity index (χ0) is 17.2. The van der Waals surface area contributed by atoms with Crippen molar-refractivity contribution < 1.29 is 17.9 Å². The normalized spacial score (nSPS) is 21.6. The summed E-state index contributed by atoms with van der Waals surface area (Å²) in [7, 11) is -0.371. The maximum Gasteiger partial charge on any atom is 0.253 e. The number of benzene rings is 1. The average molecular weight is 361 g/mol. The van der Waals surface area contributed by atoms with Gasteiger partial charge in [-0.3, -0.25) is 4.79 Å². The Morgan fingerprint density at radius 2 is 2.09 bits per heavy atom. The van der Waals surface area contributed by atoms with E-state index in [2.05, 4.69) is 5.32 Å². The van der Waals surface area contributed by atoms with Crippen molar-refractivity contribution >= 4 is 27.5 Å². The second-order valence-electron chi connectivity index (χ2n) is 5.87. The van der Waals surface area contributed by atoms with Crippen LogP contribution in [0.1, 0.15) is 15.9 Å². The molecule has 0 spiro atoms. The lowest BCUT2D eigenvalue weighted by Crippen LogP contribution is -2.43. The summed E-state index contributed by atoms with van der Waals surface area (Å²) >= 11 is 6.16. The predicted octanol–water partition coefficient (Wildman–Crippen LogP) is 1.28. The molecule has 1 aliphatic rings. The zero-order valence-corrected chi connectivity index (χ0v) is 14.9. The van der Waals surface area contributed by atoms with Crippen LogP contribution in [0.2, 0.25) is 5.02 Å². The second-order valence-corrected chi connectivity index (χ2v) is 8.48. The Bertz CT molecular complexity index is 691. The Labute approximate surface area is 141 Å². The van der Waals surface area contributed by atoms with E-state index in [-0.39, 0.29) is 23.6 Å². The number of carbonyl (C=O) groups excluding carboxylic acids is 1. The van der Waals surface area contributed by atoms with Gasteiger partial charge in [0.05, 0.1) is 35.6 Å². The highest BCUT2D eigenvalue weighted by atomic mass is 35.5. The largest absolute Gasteiger partial charge is 0.379 e. The van der Waals surface area contributed by atoms with E-state index in [1.165, 1.54) is 18.4 Å². The molecule has 1 aromatic carbocycles. The van der Waals surface area contributed by atoms with Crippen LogP contribution >= 0.6 is 11.6 Å². The highest BCUT2D eigenvalue weighted by Gasteiger charge is 2.34. The minimum absolute atomic E-state index is 0.0630. The molecule has 1 heterocycles. The Balaban J connectivity index is 2.09. The molecule has 1 saturated heterocycles. The van der Waals surface area contributed by atoms with Gasteiger partial charge in [-0.2, -0.15) is 0 Å². The molecule has 1 fully saturated rings. The summed E-state index contributed by atoms with van der Waals surface area (Å²) in [5, 5.41) is 3.25. The lowest BCUT2D eigenvalue weighted by atomic mass is 10.1. The fourth-order valence-electron chi connectivity index (χ4n) is 2.41. The Morgan fingerprint density at radius 3 is 2.74 bits per heavy atom. The van der Waals surface area contributed by atoms with Crippen LogP contribution in [0.5, 0.6) is 0 Å². The third-order valence-electron chi connectivity index (χ3n) is 3.93. The summed E-state index contributed by atoms with van der Waals surface area (Å²) < 4.78 is 30.6. The average Bonchev–Trinajstić information content (AvgIpc) is 2.88. The fourth-order valence-corrected chi connectivity index (χ4v) is 3.79. The lowest BCUT2D eigenvalue weighted by molar-refractivity contribution is 0.0926. The van der Waals surface area contributed by atoms with E-state index in [0.717, 1.165) is 5.56 Å². The smallest absolute Gasteiger partial charge is 0.253 e. The summed E-state index contributed by atoms with van der Waals surface area (Å²) in [5.41, 5.74) is 1.20. The first-order chi connectivity index (χ1) is 10.7. The molecule has 8 heteroatoms. The van der Waals surface area contributed by atoms with Crippen molar-refractivity contribution in [2.75, 3.05) is 33.1 Å². The Hall–Kier alpha value is -1.15. The number of ether oxygens (including phenoxy) is 1. The predicted molar refractivity (Wildman–Crippen MR) is 89.2 cm³/mol. The standard InChI is InChI=1S/C15H21ClN2O4S/c1-10-5-4-6-12(14(10)16)15(19)17-13-8-22-7-11(13)9-23(20,21)18(2)3/h4-6,11,13H,7-9H2,1-3H3,(H,17,19)/t11-,13+/m0/s1. The molecule has 1 N–H and O–H groups in total. The molecule has 2 atom stereocenters. The first kappa shape index (κ1) is 18.2. The van der Waals surface area contributed by atoms with Gasteiger partial charge in [0.1, 0.15) is 0 Å². The van der Waals surface area contributed by atoms with Crippen molar-refractivity contribution in [3.05, 3.63) is 34.3 Å². The van der Waals surface area contributed by atoms with Crippen LogP contribution < -0.4 is 5.32 Å². The second kappa shape index (κ2) is 7.17. The Kier molecular flexibility index (Phi) is 5.67. The SMILES string of the molecule is Cc1cccc(C(=O)N[C@@H]2COC[C@H]2CS(=O)(=O)N(C)C)c1Cl. The third-order valence-corrected chi connectivity index (χ3v) is 6.40. The van der Waals surface area contributed by atoms with Crippen LogP contribution in [-0.4, -0.2) is 57.7 Å². The Morgan fingerprint density at radius 1 is 1.39 bits per heavy atom. The number of nitrogens with zero attached hydrogens (tertiary/aromatic N) is 1. The maximum atomic E-state index is 12.4. The van der Waals surface area contributed by atoms with E-state index in [4.69, 9.17) is 16.3 Å². The monoisotopic (exact) mass is 360 g/mol. The van der Waals surface area contributed by atoms with Gasteiger partial charge in [0.25, 0.3) is 5.91 Å². The minimum atomic E-state index is -3.35. The van der Waals surface area contributed by atoms with Gasteiger partial charge in [-0.25, -0.2) is 12.7 Å². The molecule has 0 bridgehead atoms. The molecular weight excluding hydrogens is 340 g/mol. The number of nitrogens with one attached hydrogen (secondary N) is 1. The number of carbonyl (C=O) groups is 1. The van der Waals surface area contributed by atoms with Gasteiger partial charge in [-0.1, -0.05) is 23.7 Å². The summed E-state index contributed by atoms with van der Waals surface area (Å²) in [6.45, 7) is 2.42. The van der Waals surface area contributed by atoms with E-state index in [1.54, 1.807) is 12.1 Å². The fraction of sp³-hybridized carbons (Fsp3) is 0.533. The van der Waals surface area contributed by atoms with Crippen LogP contribution in [0.15, 0.2) is 18.2 Å². The van der Waals surface area contributed by atoms with Gasteiger partial charge >= 0.3 is 0 Å². The number of amides is 1. The van der Waals surface area contributed by atoms with Gasteiger partial charge in [0.2, 0.25) is 10.0 Å². The molecule has 0 saturated carbocycles. The molecule has 6 nitrogen and oxygen atoms in total. The highest BCUT2D eigenvalue weighted by Crippen LogP contribution is 2.22. The first-order valence-electron chi connectivity index (χ1n) is 7.26. The number of sulfonamides is 1. The number of hydrogen-bond donors (Lipinski definition) is 1. The molecule has 2 rings (SSSR count). The van der Waals surface area contributed by atoms with Gasteiger partial charge in [-0.15, -0.1) is 0 Å². The molecule has 1 aromatic rings. The van der Waals surface area contributed by atoms with Gasteiger partial charge in [0, 0.05) is 20.0 Å². The van der Waals surface area contributed by atoms with E-state index >= 15 is 0 Å². The van der Waals surface area contributed by atoms with Crippen LogP contribution in [-0.2, 0) is 14.8 Å². The number of rotatable bonds is 5. The minimum Gasteiger partial charge on any atom is -0.379 e.